The van der Waals surface area contributed by atoms with Gasteiger partial charge in [0.2, 0.25) is 5.91 Å². The average Bonchev–Trinajstić information content (AvgIpc) is 2.93. The minimum Gasteiger partial charge on any atom is -0.435 e. The Balaban J connectivity index is 1.84. The Hall–Kier alpha value is -1.69. The molecule has 1 aliphatic rings. The molecule has 1 heterocycles. The monoisotopic (exact) mass is 327 g/mol. The van der Waals surface area contributed by atoms with Gasteiger partial charge in [0.1, 0.15) is 5.75 Å². The number of aliphatic hydroxyl groups excluding tert-OH is 1. The van der Waals surface area contributed by atoms with Crippen LogP contribution >= 0.6 is 0 Å². The Morgan fingerprint density at radius 2 is 2.09 bits per heavy atom. The van der Waals surface area contributed by atoms with E-state index in [0.717, 1.165) is 24.9 Å². The Labute approximate surface area is 135 Å². The lowest BCUT2D eigenvalue weighted by atomic mass is 10.1. The minimum atomic E-state index is -2.83. The molecule has 6 heteroatoms. The molecule has 0 bridgehead atoms. The van der Waals surface area contributed by atoms with Crippen LogP contribution < -0.4 is 4.74 Å². The van der Waals surface area contributed by atoms with Crippen molar-refractivity contribution in [2.24, 2.45) is 0 Å². The van der Waals surface area contributed by atoms with Crippen molar-refractivity contribution in [3.05, 3.63) is 29.8 Å². The number of carbonyl (C=O) groups is 1. The molecule has 1 fully saturated rings. The number of halogens is 2. The second-order valence-corrected chi connectivity index (χ2v) is 5.99. The molecule has 1 aliphatic heterocycles. The molecule has 128 valence electrons. The first-order valence-electron chi connectivity index (χ1n) is 7.97. The predicted molar refractivity (Wildman–Crippen MR) is 82.4 cm³/mol. The molecule has 1 N–H and O–H groups in total. The van der Waals surface area contributed by atoms with E-state index in [1.165, 1.54) is 12.1 Å². The third-order valence-electron chi connectivity index (χ3n) is 4.09. The SMILES string of the molecule is CC(O)CC1CCCN1C(=O)CCc1ccc(OC(F)F)cc1. The third-order valence-corrected chi connectivity index (χ3v) is 4.09. The number of likely N-dealkylation sites (tertiary alicyclic amines) is 1. The number of aliphatic hydroxyl groups is 1. The number of hydrogen-bond acceptors (Lipinski definition) is 3. The number of nitrogens with zero attached hydrogens (tertiary/aromatic N) is 1. The van der Waals surface area contributed by atoms with Crippen molar-refractivity contribution in [2.45, 2.75) is 57.8 Å². The molecule has 1 saturated heterocycles. The van der Waals surface area contributed by atoms with Crippen LogP contribution in [0, 0.1) is 0 Å². The zero-order valence-electron chi connectivity index (χ0n) is 13.3. The summed E-state index contributed by atoms with van der Waals surface area (Å²) < 4.78 is 28.5. The van der Waals surface area contributed by atoms with Crippen LogP contribution in [0.4, 0.5) is 8.78 Å². The maximum absolute atomic E-state index is 12.3. The van der Waals surface area contributed by atoms with E-state index in [4.69, 9.17) is 0 Å². The smallest absolute Gasteiger partial charge is 0.387 e. The van der Waals surface area contributed by atoms with E-state index in [2.05, 4.69) is 4.74 Å². The first-order valence-corrected chi connectivity index (χ1v) is 7.97. The molecule has 0 spiro atoms. The van der Waals surface area contributed by atoms with Crippen LogP contribution in [0.1, 0.15) is 38.2 Å². The molecule has 23 heavy (non-hydrogen) atoms. The Bertz CT molecular complexity index is 505. The van der Waals surface area contributed by atoms with E-state index >= 15 is 0 Å². The Kier molecular flexibility index (Phi) is 6.33. The molecule has 0 aromatic heterocycles. The summed E-state index contributed by atoms with van der Waals surface area (Å²) in [5.41, 5.74) is 0.909. The van der Waals surface area contributed by atoms with Crippen molar-refractivity contribution in [1.82, 2.24) is 4.90 Å². The number of amides is 1. The predicted octanol–water partition coefficient (Wildman–Crippen LogP) is 2.98. The molecule has 1 amide bonds. The van der Waals surface area contributed by atoms with Crippen LogP contribution in [-0.2, 0) is 11.2 Å². The number of aryl methyl sites for hydroxylation is 1. The van der Waals surface area contributed by atoms with Crippen molar-refractivity contribution in [3.8, 4) is 5.75 Å². The second kappa shape index (κ2) is 8.24. The van der Waals surface area contributed by atoms with Crippen LogP contribution in [0.15, 0.2) is 24.3 Å². The van der Waals surface area contributed by atoms with Crippen LogP contribution in [0.3, 0.4) is 0 Å². The van der Waals surface area contributed by atoms with E-state index in [0.29, 0.717) is 19.3 Å². The van der Waals surface area contributed by atoms with Gasteiger partial charge < -0.3 is 14.7 Å². The Morgan fingerprint density at radius 1 is 1.39 bits per heavy atom. The summed E-state index contributed by atoms with van der Waals surface area (Å²) >= 11 is 0. The van der Waals surface area contributed by atoms with Gasteiger partial charge in [-0.25, -0.2) is 0 Å². The average molecular weight is 327 g/mol. The molecular formula is C17H23F2NO3. The fourth-order valence-corrected chi connectivity index (χ4v) is 3.04. The van der Waals surface area contributed by atoms with E-state index in [-0.39, 0.29) is 17.7 Å². The number of carbonyl (C=O) groups excluding carboxylic acids is 1. The van der Waals surface area contributed by atoms with E-state index in [9.17, 15) is 18.7 Å². The van der Waals surface area contributed by atoms with Gasteiger partial charge in [-0.2, -0.15) is 8.78 Å². The number of rotatable bonds is 7. The highest BCUT2D eigenvalue weighted by Gasteiger charge is 2.28. The summed E-state index contributed by atoms with van der Waals surface area (Å²) in [5, 5.41) is 9.51. The minimum absolute atomic E-state index is 0.0843. The highest BCUT2D eigenvalue weighted by molar-refractivity contribution is 5.77. The lowest BCUT2D eigenvalue weighted by molar-refractivity contribution is -0.132. The molecule has 1 aromatic carbocycles. The molecule has 2 unspecified atom stereocenters. The summed E-state index contributed by atoms with van der Waals surface area (Å²) in [6, 6.07) is 6.49. The van der Waals surface area contributed by atoms with Gasteiger partial charge in [-0.05, 0) is 50.3 Å². The molecule has 0 radical (unpaired) electrons. The summed E-state index contributed by atoms with van der Waals surface area (Å²) in [6.45, 7) is -0.343. The fourth-order valence-electron chi connectivity index (χ4n) is 3.04. The topological polar surface area (TPSA) is 49.8 Å². The molecule has 4 nitrogen and oxygen atoms in total. The first kappa shape index (κ1) is 17.7. The molecule has 1 aromatic rings. The highest BCUT2D eigenvalue weighted by Crippen LogP contribution is 2.23. The maximum Gasteiger partial charge on any atom is 0.387 e. The number of hydrogen-bond donors (Lipinski definition) is 1. The van der Waals surface area contributed by atoms with Gasteiger partial charge in [-0.1, -0.05) is 12.1 Å². The van der Waals surface area contributed by atoms with Crippen LogP contribution in [0.25, 0.3) is 0 Å². The summed E-state index contributed by atoms with van der Waals surface area (Å²) in [7, 11) is 0. The summed E-state index contributed by atoms with van der Waals surface area (Å²) in [4.78, 5) is 14.2. The largest absolute Gasteiger partial charge is 0.435 e. The van der Waals surface area contributed by atoms with E-state index < -0.39 is 12.7 Å². The van der Waals surface area contributed by atoms with Crippen molar-refractivity contribution in [1.29, 1.82) is 0 Å². The van der Waals surface area contributed by atoms with Crippen molar-refractivity contribution in [2.75, 3.05) is 6.54 Å². The van der Waals surface area contributed by atoms with E-state index in [1.807, 2.05) is 4.90 Å². The van der Waals surface area contributed by atoms with E-state index in [1.54, 1.807) is 19.1 Å². The van der Waals surface area contributed by atoms with Crippen molar-refractivity contribution >= 4 is 5.91 Å². The van der Waals surface area contributed by atoms with Crippen molar-refractivity contribution in [3.63, 3.8) is 0 Å². The quantitative estimate of drug-likeness (QED) is 0.837. The number of alkyl halides is 2. The molecule has 2 rings (SSSR count). The summed E-state index contributed by atoms with van der Waals surface area (Å²) in [6.07, 6.45) is 3.07. The lowest BCUT2D eigenvalue weighted by Crippen LogP contribution is -2.37. The zero-order valence-corrected chi connectivity index (χ0v) is 13.3. The normalized spacial score (nSPS) is 19.2. The van der Waals surface area contributed by atoms with Gasteiger partial charge in [-0.15, -0.1) is 0 Å². The van der Waals surface area contributed by atoms with Gasteiger partial charge in [0.15, 0.2) is 0 Å². The molecule has 2 atom stereocenters. The van der Waals surface area contributed by atoms with Gasteiger partial charge in [-0.3, -0.25) is 4.79 Å². The lowest BCUT2D eigenvalue weighted by Gasteiger charge is -2.25. The van der Waals surface area contributed by atoms with Crippen LogP contribution in [0.2, 0.25) is 0 Å². The second-order valence-electron chi connectivity index (χ2n) is 5.99. The van der Waals surface area contributed by atoms with Gasteiger partial charge in [0.05, 0.1) is 6.10 Å². The Morgan fingerprint density at radius 3 is 2.70 bits per heavy atom. The summed E-state index contributed by atoms with van der Waals surface area (Å²) in [5.74, 6) is 0.202. The molecule has 0 aliphatic carbocycles. The maximum atomic E-state index is 12.3. The molecule has 0 saturated carbocycles. The van der Waals surface area contributed by atoms with Crippen LogP contribution in [0.5, 0.6) is 5.75 Å². The highest BCUT2D eigenvalue weighted by atomic mass is 19.3. The first-order chi connectivity index (χ1) is 11.0. The molecular weight excluding hydrogens is 304 g/mol. The van der Waals surface area contributed by atoms with Crippen LogP contribution in [-0.4, -0.2) is 41.2 Å². The van der Waals surface area contributed by atoms with Crippen molar-refractivity contribution < 1.29 is 23.4 Å². The number of ether oxygens (including phenoxy) is 1. The number of benzene rings is 1. The standard InChI is InChI=1S/C17H23F2NO3/c1-12(21)11-14-3-2-10-20(14)16(22)9-6-13-4-7-15(8-5-13)23-17(18)19/h4-5,7-8,12,14,17,21H,2-3,6,9-11H2,1H3. The zero-order chi connectivity index (χ0) is 16.8. The third kappa shape index (κ3) is 5.46. The van der Waals surface area contributed by atoms with Gasteiger partial charge in [0.25, 0.3) is 0 Å². The fraction of sp³-hybridized carbons (Fsp3) is 0.588. The van der Waals surface area contributed by atoms with Gasteiger partial charge >= 0.3 is 6.61 Å². The van der Waals surface area contributed by atoms with Gasteiger partial charge in [0, 0.05) is 19.0 Å².